The second-order valence-corrected chi connectivity index (χ2v) is 10.5. The number of unbranched alkanes of at least 4 members (excludes halogenated alkanes) is 4. The third-order valence-corrected chi connectivity index (χ3v) is 7.26. The van der Waals surface area contributed by atoms with E-state index in [4.69, 9.17) is 24.1 Å². The molecule has 10 nitrogen and oxygen atoms in total. The summed E-state index contributed by atoms with van der Waals surface area (Å²) in [4.78, 5) is 35.8. The van der Waals surface area contributed by atoms with E-state index in [-0.39, 0.29) is 13.4 Å². The molecular formula is C33H39NO9. The van der Waals surface area contributed by atoms with Crippen molar-refractivity contribution in [3.63, 3.8) is 0 Å². The van der Waals surface area contributed by atoms with Crippen molar-refractivity contribution in [1.82, 2.24) is 5.32 Å². The number of carboxylic acid groups (broad SMARTS) is 2. The van der Waals surface area contributed by atoms with E-state index in [0.717, 1.165) is 55.6 Å². The van der Waals surface area contributed by atoms with Crippen LogP contribution < -0.4 is 14.8 Å². The Hall–Kier alpha value is -4.15. The van der Waals surface area contributed by atoms with Gasteiger partial charge in [0.25, 0.3) is 5.91 Å². The third-order valence-electron chi connectivity index (χ3n) is 7.26. The molecule has 1 aliphatic heterocycles. The topological polar surface area (TPSA) is 141 Å². The molecule has 10 heteroatoms. The maximum atomic E-state index is 13.0. The molecule has 3 N–H and O–H groups in total. The molecule has 230 valence electrons. The van der Waals surface area contributed by atoms with E-state index in [2.05, 4.69) is 35.6 Å². The Morgan fingerprint density at radius 2 is 1.44 bits per heavy atom. The van der Waals surface area contributed by atoms with E-state index < -0.39 is 36.7 Å². The SMILES string of the molecule is O=C(O)COC(C(=O)O)C(OCCCCCc1ccc2c(c1)OCO2)C(=O)NCCCCCc1ccc2ccccc2c1. The summed E-state index contributed by atoms with van der Waals surface area (Å²) < 4.78 is 21.5. The molecule has 0 fully saturated rings. The lowest BCUT2D eigenvalue weighted by Crippen LogP contribution is -2.49. The van der Waals surface area contributed by atoms with E-state index in [1.54, 1.807) is 0 Å². The number of nitrogens with one attached hydrogen (secondary N) is 1. The quantitative estimate of drug-likeness (QED) is 0.168. The van der Waals surface area contributed by atoms with Crippen LogP contribution in [-0.2, 0) is 36.7 Å². The fraction of sp³-hybridized carbons (Fsp3) is 0.424. The van der Waals surface area contributed by atoms with Gasteiger partial charge in [0.1, 0.15) is 6.61 Å². The van der Waals surface area contributed by atoms with Crippen molar-refractivity contribution in [1.29, 1.82) is 0 Å². The molecule has 43 heavy (non-hydrogen) atoms. The molecule has 0 aromatic heterocycles. The molecule has 1 heterocycles. The molecule has 2 unspecified atom stereocenters. The molecule has 0 radical (unpaired) electrons. The second kappa shape index (κ2) is 16.5. The monoisotopic (exact) mass is 593 g/mol. The van der Waals surface area contributed by atoms with Gasteiger partial charge >= 0.3 is 11.9 Å². The molecule has 1 aliphatic rings. The summed E-state index contributed by atoms with van der Waals surface area (Å²) in [6, 6.07) is 20.5. The van der Waals surface area contributed by atoms with Crippen LogP contribution >= 0.6 is 0 Å². The minimum absolute atomic E-state index is 0.130. The maximum absolute atomic E-state index is 13.0. The number of amides is 1. The summed E-state index contributed by atoms with van der Waals surface area (Å²) >= 11 is 0. The van der Waals surface area contributed by atoms with Crippen LogP contribution in [0.5, 0.6) is 11.5 Å². The molecule has 1 amide bonds. The van der Waals surface area contributed by atoms with Gasteiger partial charge in [-0.2, -0.15) is 0 Å². The van der Waals surface area contributed by atoms with Gasteiger partial charge < -0.3 is 34.5 Å². The molecule has 0 bridgehead atoms. The number of carboxylic acids is 2. The van der Waals surface area contributed by atoms with Crippen molar-refractivity contribution >= 4 is 28.6 Å². The first-order chi connectivity index (χ1) is 20.9. The lowest BCUT2D eigenvalue weighted by atomic mass is 10.0. The number of hydrogen-bond acceptors (Lipinski definition) is 7. The fourth-order valence-corrected chi connectivity index (χ4v) is 5.00. The Balaban J connectivity index is 1.19. The van der Waals surface area contributed by atoms with E-state index in [9.17, 15) is 19.5 Å². The Bertz CT molecular complexity index is 1380. The normalized spacial score (nSPS) is 13.5. The zero-order chi connectivity index (χ0) is 30.4. The van der Waals surface area contributed by atoms with Gasteiger partial charge in [0.2, 0.25) is 6.79 Å². The summed E-state index contributed by atoms with van der Waals surface area (Å²) in [5.41, 5.74) is 2.37. The number of ether oxygens (including phenoxy) is 4. The lowest BCUT2D eigenvalue weighted by molar-refractivity contribution is -0.172. The predicted molar refractivity (Wildman–Crippen MR) is 159 cm³/mol. The van der Waals surface area contributed by atoms with Crippen molar-refractivity contribution in [2.24, 2.45) is 0 Å². The van der Waals surface area contributed by atoms with Crippen molar-refractivity contribution in [2.45, 2.75) is 63.6 Å². The first-order valence-electron chi connectivity index (χ1n) is 14.7. The molecule has 0 saturated carbocycles. The Labute approximate surface area is 250 Å². The van der Waals surface area contributed by atoms with Gasteiger partial charge in [0.15, 0.2) is 23.7 Å². The summed E-state index contributed by atoms with van der Waals surface area (Å²) in [7, 11) is 0. The van der Waals surface area contributed by atoms with Crippen LogP contribution in [0, 0.1) is 0 Å². The highest BCUT2D eigenvalue weighted by Crippen LogP contribution is 2.32. The first-order valence-corrected chi connectivity index (χ1v) is 14.7. The molecule has 4 rings (SSSR count). The van der Waals surface area contributed by atoms with E-state index in [1.165, 1.54) is 16.3 Å². The highest BCUT2D eigenvalue weighted by atomic mass is 16.7. The zero-order valence-electron chi connectivity index (χ0n) is 24.2. The summed E-state index contributed by atoms with van der Waals surface area (Å²) in [5, 5.41) is 23.8. The Kier molecular flexibility index (Phi) is 12.2. The Morgan fingerprint density at radius 3 is 2.21 bits per heavy atom. The number of benzene rings is 3. The van der Waals surface area contributed by atoms with Crippen molar-refractivity contribution < 1.29 is 43.5 Å². The third kappa shape index (κ3) is 9.97. The van der Waals surface area contributed by atoms with Crippen LogP contribution in [0.15, 0.2) is 60.7 Å². The number of aliphatic carboxylic acids is 2. The molecule has 0 saturated heterocycles. The average molecular weight is 594 g/mol. The van der Waals surface area contributed by atoms with Gasteiger partial charge in [0.05, 0.1) is 0 Å². The van der Waals surface area contributed by atoms with Gasteiger partial charge in [-0.3, -0.25) is 4.79 Å². The fourth-order valence-electron chi connectivity index (χ4n) is 5.00. The van der Waals surface area contributed by atoms with Crippen LogP contribution in [0.4, 0.5) is 0 Å². The number of carbonyl (C=O) groups excluding carboxylic acids is 1. The van der Waals surface area contributed by atoms with Crippen molar-refractivity contribution in [2.75, 3.05) is 26.6 Å². The molecular weight excluding hydrogens is 554 g/mol. The van der Waals surface area contributed by atoms with Crippen molar-refractivity contribution in [3.05, 3.63) is 71.8 Å². The number of aryl methyl sites for hydroxylation is 2. The maximum Gasteiger partial charge on any atom is 0.336 e. The van der Waals surface area contributed by atoms with Crippen LogP contribution in [0.25, 0.3) is 10.8 Å². The van der Waals surface area contributed by atoms with E-state index in [1.807, 2.05) is 30.3 Å². The van der Waals surface area contributed by atoms with E-state index >= 15 is 0 Å². The standard InChI is InChI=1S/C33H39NO9/c35-29(36)21-41-31(33(38)39)30(40-18-8-2-4-10-24-14-16-27-28(20-24)43-22-42-27)32(37)34-17-7-1-3-9-23-13-15-25-11-5-6-12-26(25)19-23/h5-6,11-16,19-20,30-31H,1-4,7-10,17-18,21-22H2,(H,34,37)(H,35,36)(H,38,39). The Morgan fingerprint density at radius 1 is 0.744 bits per heavy atom. The smallest absolute Gasteiger partial charge is 0.336 e. The minimum Gasteiger partial charge on any atom is -0.480 e. The van der Waals surface area contributed by atoms with Gasteiger partial charge in [-0.15, -0.1) is 0 Å². The van der Waals surface area contributed by atoms with Gasteiger partial charge in [-0.25, -0.2) is 9.59 Å². The molecule has 3 aromatic rings. The molecule has 0 aliphatic carbocycles. The van der Waals surface area contributed by atoms with Gasteiger partial charge in [0, 0.05) is 13.2 Å². The zero-order valence-corrected chi connectivity index (χ0v) is 24.2. The molecule has 3 aromatic carbocycles. The van der Waals surface area contributed by atoms with Crippen molar-refractivity contribution in [3.8, 4) is 11.5 Å². The second-order valence-electron chi connectivity index (χ2n) is 10.5. The first kappa shape index (κ1) is 31.8. The van der Waals surface area contributed by atoms with Crippen LogP contribution in [0.3, 0.4) is 0 Å². The highest BCUT2D eigenvalue weighted by molar-refractivity contribution is 5.88. The van der Waals surface area contributed by atoms with Gasteiger partial charge in [-0.1, -0.05) is 61.4 Å². The molecule has 0 spiro atoms. The predicted octanol–water partition coefficient (Wildman–Crippen LogP) is 4.75. The average Bonchev–Trinajstić information content (AvgIpc) is 3.47. The van der Waals surface area contributed by atoms with Crippen LogP contribution in [-0.4, -0.2) is 66.8 Å². The van der Waals surface area contributed by atoms with E-state index in [0.29, 0.717) is 19.4 Å². The highest BCUT2D eigenvalue weighted by Gasteiger charge is 2.36. The number of fused-ring (bicyclic) bond motifs is 2. The van der Waals surface area contributed by atoms with Gasteiger partial charge in [-0.05, 0) is 72.6 Å². The minimum atomic E-state index is -1.74. The largest absolute Gasteiger partial charge is 0.480 e. The van der Waals surface area contributed by atoms with Crippen LogP contribution in [0.2, 0.25) is 0 Å². The number of rotatable bonds is 19. The lowest BCUT2D eigenvalue weighted by Gasteiger charge is -2.23. The number of hydrogen-bond donors (Lipinski definition) is 3. The van der Waals surface area contributed by atoms with Crippen LogP contribution in [0.1, 0.15) is 49.7 Å². The summed E-state index contributed by atoms with van der Waals surface area (Å²) in [6.45, 7) is -0.152. The number of carbonyl (C=O) groups is 3. The molecule has 2 atom stereocenters. The summed E-state index contributed by atoms with van der Waals surface area (Å²) in [5.74, 6) is -1.95. The summed E-state index contributed by atoms with van der Waals surface area (Å²) in [6.07, 6.45) is 3.30.